The lowest BCUT2D eigenvalue weighted by atomic mass is 9.93. The van der Waals surface area contributed by atoms with Crippen LogP contribution < -0.4 is 5.32 Å². The first-order valence-electron chi connectivity index (χ1n) is 7.31. The Morgan fingerprint density at radius 1 is 1.06 bits per heavy atom. The first-order valence-corrected chi connectivity index (χ1v) is 7.31. The van der Waals surface area contributed by atoms with Crippen molar-refractivity contribution in [3.05, 3.63) is 34.9 Å². The highest BCUT2D eigenvalue weighted by atomic mass is 14.9. The summed E-state index contributed by atoms with van der Waals surface area (Å²) in [6.07, 6.45) is 3.67. The van der Waals surface area contributed by atoms with Gasteiger partial charge in [0, 0.05) is 6.04 Å². The third-order valence-corrected chi connectivity index (χ3v) is 3.36. The van der Waals surface area contributed by atoms with E-state index in [4.69, 9.17) is 0 Å². The Morgan fingerprint density at radius 2 is 1.67 bits per heavy atom. The van der Waals surface area contributed by atoms with Crippen molar-refractivity contribution in [1.82, 2.24) is 5.32 Å². The van der Waals surface area contributed by atoms with Crippen LogP contribution in [0.1, 0.15) is 50.3 Å². The molecule has 0 aliphatic rings. The number of benzene rings is 1. The van der Waals surface area contributed by atoms with Gasteiger partial charge in [-0.25, -0.2) is 0 Å². The Hall–Kier alpha value is -0.820. The van der Waals surface area contributed by atoms with E-state index in [1.165, 1.54) is 36.0 Å². The summed E-state index contributed by atoms with van der Waals surface area (Å²) in [5.41, 5.74) is 4.26. The second kappa shape index (κ2) is 7.58. The molecule has 0 saturated carbocycles. The van der Waals surface area contributed by atoms with Crippen molar-refractivity contribution in [1.29, 1.82) is 0 Å². The standard InChI is InChI=1S/C17H29N/c1-6-7-18-16(5)9-15(4)12-17-10-13(2)8-14(3)11-17/h8,10-11,15-16,18H,6-7,9,12H2,1-5H3. The van der Waals surface area contributed by atoms with Gasteiger partial charge in [-0.3, -0.25) is 0 Å². The van der Waals surface area contributed by atoms with Crippen LogP contribution in [-0.2, 0) is 6.42 Å². The molecule has 0 amide bonds. The van der Waals surface area contributed by atoms with E-state index in [9.17, 15) is 0 Å². The van der Waals surface area contributed by atoms with Crippen LogP contribution in [0.2, 0.25) is 0 Å². The van der Waals surface area contributed by atoms with Gasteiger partial charge in [0.05, 0.1) is 0 Å². The van der Waals surface area contributed by atoms with Crippen LogP contribution in [0.25, 0.3) is 0 Å². The van der Waals surface area contributed by atoms with Crippen molar-refractivity contribution >= 4 is 0 Å². The molecular weight excluding hydrogens is 218 g/mol. The molecule has 0 spiro atoms. The normalized spacial score (nSPS) is 14.5. The van der Waals surface area contributed by atoms with Crippen LogP contribution in [0.4, 0.5) is 0 Å². The van der Waals surface area contributed by atoms with Crippen molar-refractivity contribution in [2.75, 3.05) is 6.54 Å². The molecule has 102 valence electrons. The Morgan fingerprint density at radius 3 is 2.22 bits per heavy atom. The van der Waals surface area contributed by atoms with E-state index in [2.05, 4.69) is 58.1 Å². The molecule has 0 heterocycles. The van der Waals surface area contributed by atoms with Gasteiger partial charge in [-0.1, -0.05) is 43.2 Å². The number of aryl methyl sites for hydroxylation is 2. The van der Waals surface area contributed by atoms with E-state index in [1.807, 2.05) is 0 Å². The van der Waals surface area contributed by atoms with Gasteiger partial charge < -0.3 is 5.32 Å². The predicted octanol–water partition coefficient (Wildman–Crippen LogP) is 4.26. The Labute approximate surface area is 113 Å². The van der Waals surface area contributed by atoms with Crippen molar-refractivity contribution in [2.24, 2.45) is 5.92 Å². The maximum absolute atomic E-state index is 3.57. The molecule has 0 bridgehead atoms. The molecule has 0 radical (unpaired) electrons. The molecule has 0 saturated heterocycles. The number of hydrogen-bond donors (Lipinski definition) is 1. The maximum Gasteiger partial charge on any atom is 0.00413 e. The molecule has 0 aliphatic carbocycles. The van der Waals surface area contributed by atoms with E-state index in [-0.39, 0.29) is 0 Å². The van der Waals surface area contributed by atoms with Gasteiger partial charge in [0.2, 0.25) is 0 Å². The van der Waals surface area contributed by atoms with Gasteiger partial charge in [-0.05, 0) is 58.1 Å². The lowest BCUT2D eigenvalue weighted by Crippen LogP contribution is -2.28. The quantitative estimate of drug-likeness (QED) is 0.759. The molecule has 1 aromatic carbocycles. The zero-order valence-electron chi connectivity index (χ0n) is 12.7. The average molecular weight is 247 g/mol. The maximum atomic E-state index is 3.57. The third-order valence-electron chi connectivity index (χ3n) is 3.36. The molecule has 0 fully saturated rings. The SMILES string of the molecule is CCCNC(C)CC(C)Cc1cc(C)cc(C)c1. The minimum atomic E-state index is 0.630. The number of hydrogen-bond acceptors (Lipinski definition) is 1. The smallest absolute Gasteiger partial charge is 0.00413 e. The minimum absolute atomic E-state index is 0.630. The summed E-state index contributed by atoms with van der Waals surface area (Å²) in [4.78, 5) is 0. The first-order chi connectivity index (χ1) is 8.51. The molecule has 1 rings (SSSR count). The van der Waals surface area contributed by atoms with Gasteiger partial charge in [0.25, 0.3) is 0 Å². The fraction of sp³-hybridized carbons (Fsp3) is 0.647. The summed E-state index contributed by atoms with van der Waals surface area (Å²) >= 11 is 0. The van der Waals surface area contributed by atoms with E-state index in [1.54, 1.807) is 0 Å². The second-order valence-electron chi connectivity index (χ2n) is 5.90. The Kier molecular flexibility index (Phi) is 6.42. The van der Waals surface area contributed by atoms with Crippen molar-refractivity contribution in [3.63, 3.8) is 0 Å². The zero-order chi connectivity index (χ0) is 13.5. The Balaban J connectivity index is 2.46. The fourth-order valence-electron chi connectivity index (χ4n) is 2.75. The van der Waals surface area contributed by atoms with Crippen LogP contribution in [0.5, 0.6) is 0 Å². The van der Waals surface area contributed by atoms with Gasteiger partial charge in [0.1, 0.15) is 0 Å². The summed E-state index contributed by atoms with van der Waals surface area (Å²) < 4.78 is 0. The summed E-state index contributed by atoms with van der Waals surface area (Å²) in [6.45, 7) is 12.4. The van der Waals surface area contributed by atoms with Crippen LogP contribution in [-0.4, -0.2) is 12.6 Å². The molecule has 1 nitrogen and oxygen atoms in total. The van der Waals surface area contributed by atoms with Gasteiger partial charge in [-0.15, -0.1) is 0 Å². The average Bonchev–Trinajstić information content (AvgIpc) is 2.24. The van der Waals surface area contributed by atoms with E-state index in [0.29, 0.717) is 6.04 Å². The van der Waals surface area contributed by atoms with E-state index < -0.39 is 0 Å². The lowest BCUT2D eigenvalue weighted by molar-refractivity contribution is 0.420. The van der Waals surface area contributed by atoms with E-state index in [0.717, 1.165) is 12.5 Å². The summed E-state index contributed by atoms with van der Waals surface area (Å²) in [6, 6.07) is 7.53. The highest BCUT2D eigenvalue weighted by Gasteiger charge is 2.09. The molecule has 1 heteroatoms. The lowest BCUT2D eigenvalue weighted by Gasteiger charge is -2.19. The van der Waals surface area contributed by atoms with E-state index >= 15 is 0 Å². The van der Waals surface area contributed by atoms with Crippen molar-refractivity contribution in [2.45, 2.75) is 59.9 Å². The predicted molar refractivity (Wildman–Crippen MR) is 81.2 cm³/mol. The largest absolute Gasteiger partial charge is 0.314 e. The zero-order valence-corrected chi connectivity index (χ0v) is 12.7. The van der Waals surface area contributed by atoms with Crippen LogP contribution >= 0.6 is 0 Å². The topological polar surface area (TPSA) is 12.0 Å². The van der Waals surface area contributed by atoms with Crippen LogP contribution in [0, 0.1) is 19.8 Å². The van der Waals surface area contributed by atoms with Gasteiger partial charge in [0.15, 0.2) is 0 Å². The first kappa shape index (κ1) is 15.2. The van der Waals surface area contributed by atoms with Crippen molar-refractivity contribution < 1.29 is 0 Å². The summed E-state index contributed by atoms with van der Waals surface area (Å²) in [7, 11) is 0. The Bertz CT molecular complexity index is 336. The highest BCUT2D eigenvalue weighted by Crippen LogP contribution is 2.16. The molecule has 2 atom stereocenters. The second-order valence-corrected chi connectivity index (χ2v) is 5.90. The highest BCUT2D eigenvalue weighted by molar-refractivity contribution is 5.28. The molecular formula is C17H29N. The molecule has 18 heavy (non-hydrogen) atoms. The molecule has 0 aliphatic heterocycles. The van der Waals surface area contributed by atoms with Gasteiger partial charge in [-0.2, -0.15) is 0 Å². The number of nitrogens with one attached hydrogen (secondary N) is 1. The number of rotatable bonds is 7. The minimum Gasteiger partial charge on any atom is -0.314 e. The van der Waals surface area contributed by atoms with Crippen LogP contribution in [0.15, 0.2) is 18.2 Å². The monoisotopic (exact) mass is 247 g/mol. The third kappa shape index (κ3) is 5.68. The molecule has 1 N–H and O–H groups in total. The summed E-state index contributed by atoms with van der Waals surface area (Å²) in [5.74, 6) is 0.741. The fourth-order valence-corrected chi connectivity index (χ4v) is 2.75. The van der Waals surface area contributed by atoms with Crippen LogP contribution in [0.3, 0.4) is 0 Å². The van der Waals surface area contributed by atoms with Crippen molar-refractivity contribution in [3.8, 4) is 0 Å². The van der Waals surface area contributed by atoms with Gasteiger partial charge >= 0.3 is 0 Å². The molecule has 2 unspecified atom stereocenters. The summed E-state index contributed by atoms with van der Waals surface area (Å²) in [5, 5.41) is 3.57. The molecule has 1 aromatic rings. The molecule has 0 aromatic heterocycles.